The zero-order valence-electron chi connectivity index (χ0n) is 6.10. The highest BCUT2D eigenvalue weighted by molar-refractivity contribution is 4.65. The average Bonchev–Trinajstić information content (AvgIpc) is 1.85. The van der Waals surface area contributed by atoms with Gasteiger partial charge in [0, 0.05) is 0 Å². The maximum absolute atomic E-state index is 11.5. The molecule has 0 aliphatic heterocycles. The van der Waals surface area contributed by atoms with E-state index in [1.54, 1.807) is 13.8 Å². The summed E-state index contributed by atoms with van der Waals surface area (Å²) >= 11 is 0. The maximum Gasteiger partial charge on any atom is 0.261 e. The highest BCUT2D eigenvalue weighted by atomic mass is 19.3. The fourth-order valence-electron chi connectivity index (χ4n) is 0.334. The summed E-state index contributed by atoms with van der Waals surface area (Å²) in [7, 11) is 0. The Labute approximate surface area is 58.8 Å². The van der Waals surface area contributed by atoms with Crippen LogP contribution >= 0.6 is 0 Å². The van der Waals surface area contributed by atoms with Crippen molar-refractivity contribution in [2.24, 2.45) is 0 Å². The second-order valence-corrected chi connectivity index (χ2v) is 2.62. The van der Waals surface area contributed by atoms with Crippen LogP contribution in [-0.4, -0.2) is 30.3 Å². The van der Waals surface area contributed by atoms with Gasteiger partial charge >= 0.3 is 0 Å². The molecule has 0 saturated heterocycles. The Kier molecular flexibility index (Phi) is 3.75. The second-order valence-electron chi connectivity index (χ2n) is 2.62. The molecule has 4 heteroatoms. The zero-order chi connectivity index (χ0) is 8.20. The molecule has 10 heavy (non-hydrogen) atoms. The van der Waals surface area contributed by atoms with Gasteiger partial charge in [0.25, 0.3) is 6.43 Å². The fraction of sp³-hybridized carbons (Fsp3) is 1.00. The van der Waals surface area contributed by atoms with Crippen molar-refractivity contribution in [3.8, 4) is 0 Å². The van der Waals surface area contributed by atoms with Crippen LogP contribution < -0.4 is 0 Å². The Hall–Kier alpha value is -0.220. The number of rotatable bonds is 4. The van der Waals surface area contributed by atoms with Gasteiger partial charge in [-0.15, -0.1) is 0 Å². The Bertz CT molecular complexity index is 93.7. The molecule has 1 N–H and O–H groups in total. The summed E-state index contributed by atoms with van der Waals surface area (Å²) in [5.41, 5.74) is -0.851. The van der Waals surface area contributed by atoms with Gasteiger partial charge in [0.15, 0.2) is 0 Å². The molecule has 2 nitrogen and oxygen atoms in total. The number of alkyl halides is 2. The van der Waals surface area contributed by atoms with Gasteiger partial charge in [-0.05, 0) is 13.8 Å². The first-order valence-electron chi connectivity index (χ1n) is 3.01. The van der Waals surface area contributed by atoms with Crippen molar-refractivity contribution in [2.45, 2.75) is 25.9 Å². The molecule has 0 atom stereocenters. The minimum atomic E-state index is -2.47. The van der Waals surface area contributed by atoms with Gasteiger partial charge in [-0.2, -0.15) is 0 Å². The first-order chi connectivity index (χ1) is 4.48. The monoisotopic (exact) mass is 154 g/mol. The van der Waals surface area contributed by atoms with Crippen molar-refractivity contribution in [3.05, 3.63) is 0 Å². The molecule has 0 heterocycles. The predicted molar refractivity (Wildman–Crippen MR) is 33.1 cm³/mol. The SMILES string of the molecule is CC(C)(CO)OCC(F)F. The molecule has 0 radical (unpaired) electrons. The molecule has 0 aromatic rings. The standard InChI is InChI=1S/C6H12F2O2/c1-6(2,4-9)10-3-5(7)8/h5,9H,3-4H2,1-2H3. The van der Waals surface area contributed by atoms with Gasteiger partial charge in [-0.3, -0.25) is 0 Å². The van der Waals surface area contributed by atoms with Crippen molar-refractivity contribution < 1.29 is 18.6 Å². The van der Waals surface area contributed by atoms with Crippen molar-refractivity contribution in [3.63, 3.8) is 0 Å². The summed E-state index contributed by atoms with van der Waals surface area (Å²) in [5, 5.41) is 8.54. The molecule has 0 amide bonds. The zero-order valence-corrected chi connectivity index (χ0v) is 6.10. The van der Waals surface area contributed by atoms with E-state index in [0.717, 1.165) is 0 Å². The van der Waals surface area contributed by atoms with Gasteiger partial charge in [-0.25, -0.2) is 8.78 Å². The van der Waals surface area contributed by atoms with Crippen LogP contribution in [0.5, 0.6) is 0 Å². The van der Waals surface area contributed by atoms with E-state index in [1.165, 1.54) is 0 Å². The maximum atomic E-state index is 11.5. The first-order valence-corrected chi connectivity index (χ1v) is 3.01. The smallest absolute Gasteiger partial charge is 0.261 e. The van der Waals surface area contributed by atoms with Crippen LogP contribution in [0.1, 0.15) is 13.8 Å². The summed E-state index contributed by atoms with van der Waals surface area (Å²) in [6.07, 6.45) is -2.47. The Morgan fingerprint density at radius 2 is 2.00 bits per heavy atom. The topological polar surface area (TPSA) is 29.5 Å². The molecule has 62 valence electrons. The van der Waals surface area contributed by atoms with E-state index >= 15 is 0 Å². The van der Waals surface area contributed by atoms with Gasteiger partial charge in [0.2, 0.25) is 0 Å². The second kappa shape index (κ2) is 3.83. The van der Waals surface area contributed by atoms with Crippen LogP contribution in [0.15, 0.2) is 0 Å². The lowest BCUT2D eigenvalue weighted by Crippen LogP contribution is -2.31. The summed E-state index contributed by atoms with van der Waals surface area (Å²) in [4.78, 5) is 0. The number of aliphatic hydroxyl groups excluding tert-OH is 1. The van der Waals surface area contributed by atoms with Crippen LogP contribution in [0.4, 0.5) is 8.78 Å². The summed E-state index contributed by atoms with van der Waals surface area (Å²) < 4.78 is 27.6. The lowest BCUT2D eigenvalue weighted by Gasteiger charge is -2.21. The molecule has 0 fully saturated rings. The predicted octanol–water partition coefficient (Wildman–Crippen LogP) is 1.04. The van der Waals surface area contributed by atoms with Crippen LogP contribution in [-0.2, 0) is 4.74 Å². The molecular formula is C6H12F2O2. The van der Waals surface area contributed by atoms with E-state index in [4.69, 9.17) is 5.11 Å². The van der Waals surface area contributed by atoms with Crippen LogP contribution in [0.2, 0.25) is 0 Å². The van der Waals surface area contributed by atoms with Gasteiger partial charge < -0.3 is 9.84 Å². The van der Waals surface area contributed by atoms with E-state index in [0.29, 0.717) is 0 Å². The van der Waals surface area contributed by atoms with Crippen molar-refractivity contribution in [1.82, 2.24) is 0 Å². The largest absolute Gasteiger partial charge is 0.393 e. The van der Waals surface area contributed by atoms with Crippen LogP contribution in [0.3, 0.4) is 0 Å². The number of hydrogen-bond acceptors (Lipinski definition) is 2. The molecule has 0 saturated carbocycles. The van der Waals surface area contributed by atoms with Crippen molar-refractivity contribution in [1.29, 1.82) is 0 Å². The summed E-state index contributed by atoms with van der Waals surface area (Å²) in [5.74, 6) is 0. The van der Waals surface area contributed by atoms with Crippen LogP contribution in [0.25, 0.3) is 0 Å². The molecular weight excluding hydrogens is 142 g/mol. The average molecular weight is 154 g/mol. The first kappa shape index (κ1) is 9.78. The summed E-state index contributed by atoms with van der Waals surface area (Å²) in [6.45, 7) is 2.23. The third kappa shape index (κ3) is 4.64. The third-order valence-corrected chi connectivity index (χ3v) is 0.981. The highest BCUT2D eigenvalue weighted by Gasteiger charge is 2.18. The van der Waals surface area contributed by atoms with E-state index in [-0.39, 0.29) is 6.61 Å². The lowest BCUT2D eigenvalue weighted by atomic mass is 10.1. The lowest BCUT2D eigenvalue weighted by molar-refractivity contribution is -0.0922. The molecule has 0 rings (SSSR count). The normalized spacial score (nSPS) is 12.6. The minimum Gasteiger partial charge on any atom is -0.393 e. The quantitative estimate of drug-likeness (QED) is 0.655. The Balaban J connectivity index is 3.46. The molecule has 0 spiro atoms. The van der Waals surface area contributed by atoms with Gasteiger partial charge in [-0.1, -0.05) is 0 Å². The van der Waals surface area contributed by atoms with Crippen LogP contribution in [0, 0.1) is 0 Å². The highest BCUT2D eigenvalue weighted by Crippen LogP contribution is 2.08. The van der Waals surface area contributed by atoms with Crippen molar-refractivity contribution in [2.75, 3.05) is 13.2 Å². The number of ether oxygens (including phenoxy) is 1. The Morgan fingerprint density at radius 1 is 1.50 bits per heavy atom. The van der Waals surface area contributed by atoms with E-state index in [2.05, 4.69) is 4.74 Å². The van der Waals surface area contributed by atoms with E-state index < -0.39 is 18.6 Å². The molecule has 0 aliphatic carbocycles. The van der Waals surface area contributed by atoms with Crippen molar-refractivity contribution >= 4 is 0 Å². The number of halogens is 2. The molecule has 0 unspecified atom stereocenters. The molecule has 0 aromatic carbocycles. The van der Waals surface area contributed by atoms with Gasteiger partial charge in [0.05, 0.1) is 12.2 Å². The van der Waals surface area contributed by atoms with E-state index in [9.17, 15) is 8.78 Å². The molecule has 0 aromatic heterocycles. The molecule has 0 aliphatic rings. The number of aliphatic hydroxyl groups is 1. The molecule has 0 bridgehead atoms. The third-order valence-electron chi connectivity index (χ3n) is 0.981. The minimum absolute atomic E-state index is 0.250. The fourth-order valence-corrected chi connectivity index (χ4v) is 0.334. The van der Waals surface area contributed by atoms with Gasteiger partial charge in [0.1, 0.15) is 6.61 Å². The summed E-state index contributed by atoms with van der Waals surface area (Å²) in [6, 6.07) is 0. The number of hydrogen-bond donors (Lipinski definition) is 1. The Morgan fingerprint density at radius 3 is 2.30 bits per heavy atom. The van der Waals surface area contributed by atoms with E-state index in [1.807, 2.05) is 0 Å².